The summed E-state index contributed by atoms with van der Waals surface area (Å²) in [6.07, 6.45) is 3.49. The van der Waals surface area contributed by atoms with Crippen molar-refractivity contribution in [2.45, 2.75) is 18.9 Å². The van der Waals surface area contributed by atoms with Crippen LogP contribution in [0.1, 0.15) is 29.3 Å². The molecule has 3 rings (SSSR count). The van der Waals surface area contributed by atoms with E-state index in [0.29, 0.717) is 6.54 Å². The SMILES string of the molecule is O=S(=O)(/C=C/c1ccccc1)N1CCCC1c1cccs1. The Morgan fingerprint density at radius 1 is 1.14 bits per heavy atom. The Hall–Kier alpha value is -1.43. The Balaban J connectivity index is 1.83. The van der Waals surface area contributed by atoms with Crippen molar-refractivity contribution in [3.8, 4) is 0 Å². The molecule has 0 amide bonds. The fourth-order valence-corrected chi connectivity index (χ4v) is 5.00. The minimum atomic E-state index is -3.37. The van der Waals surface area contributed by atoms with Crippen molar-refractivity contribution in [1.29, 1.82) is 0 Å². The van der Waals surface area contributed by atoms with Gasteiger partial charge in [0, 0.05) is 16.8 Å². The first kappa shape index (κ1) is 14.5. The van der Waals surface area contributed by atoms with Crippen LogP contribution in [0.25, 0.3) is 6.08 Å². The van der Waals surface area contributed by atoms with Crippen molar-refractivity contribution in [3.05, 3.63) is 63.7 Å². The van der Waals surface area contributed by atoms with Crippen molar-refractivity contribution in [2.24, 2.45) is 0 Å². The van der Waals surface area contributed by atoms with E-state index in [0.717, 1.165) is 23.3 Å². The van der Waals surface area contributed by atoms with E-state index >= 15 is 0 Å². The van der Waals surface area contributed by atoms with Crippen LogP contribution in [0.2, 0.25) is 0 Å². The van der Waals surface area contributed by atoms with Crippen LogP contribution in [0.15, 0.2) is 53.3 Å². The van der Waals surface area contributed by atoms with E-state index in [9.17, 15) is 8.42 Å². The molecule has 1 fully saturated rings. The van der Waals surface area contributed by atoms with Gasteiger partial charge in [-0.1, -0.05) is 36.4 Å². The molecule has 0 saturated carbocycles. The number of nitrogens with zero attached hydrogens (tertiary/aromatic N) is 1. The molecule has 5 heteroatoms. The summed E-state index contributed by atoms with van der Waals surface area (Å²) in [5, 5.41) is 3.33. The zero-order chi connectivity index (χ0) is 14.7. The number of thiophene rings is 1. The molecular weight excluding hydrogens is 302 g/mol. The highest BCUT2D eigenvalue weighted by Crippen LogP contribution is 2.36. The van der Waals surface area contributed by atoms with E-state index in [2.05, 4.69) is 0 Å². The van der Waals surface area contributed by atoms with Crippen LogP contribution in [0.5, 0.6) is 0 Å². The Morgan fingerprint density at radius 3 is 2.67 bits per heavy atom. The topological polar surface area (TPSA) is 37.4 Å². The average Bonchev–Trinajstić information content (AvgIpc) is 3.16. The molecule has 1 aromatic heterocycles. The first-order valence-electron chi connectivity index (χ1n) is 6.95. The van der Waals surface area contributed by atoms with Crippen molar-refractivity contribution in [3.63, 3.8) is 0 Å². The van der Waals surface area contributed by atoms with E-state index in [1.165, 1.54) is 5.41 Å². The molecule has 1 aromatic carbocycles. The standard InChI is InChI=1S/C16H17NO2S2/c18-21(19,13-10-14-6-2-1-3-7-14)17-11-4-8-15(17)16-9-5-12-20-16/h1-3,5-7,9-10,12-13,15H,4,8,11H2/b13-10+. The second-order valence-corrected chi connectivity index (χ2v) is 7.79. The molecule has 1 aliphatic heterocycles. The molecule has 2 heterocycles. The molecule has 21 heavy (non-hydrogen) atoms. The van der Waals surface area contributed by atoms with E-state index in [1.807, 2.05) is 47.8 Å². The van der Waals surface area contributed by atoms with E-state index in [4.69, 9.17) is 0 Å². The van der Waals surface area contributed by atoms with Crippen LogP contribution in [0, 0.1) is 0 Å². The minimum Gasteiger partial charge on any atom is -0.207 e. The van der Waals surface area contributed by atoms with Crippen LogP contribution in [0.3, 0.4) is 0 Å². The van der Waals surface area contributed by atoms with Crippen molar-refractivity contribution >= 4 is 27.4 Å². The molecule has 1 aliphatic rings. The van der Waals surface area contributed by atoms with Gasteiger partial charge >= 0.3 is 0 Å². The Bertz CT molecular complexity index is 706. The quantitative estimate of drug-likeness (QED) is 0.857. The van der Waals surface area contributed by atoms with Gasteiger partial charge in [-0.25, -0.2) is 8.42 Å². The molecule has 0 spiro atoms. The van der Waals surface area contributed by atoms with Gasteiger partial charge in [0.1, 0.15) is 0 Å². The van der Waals surface area contributed by atoms with Crippen LogP contribution < -0.4 is 0 Å². The predicted molar refractivity (Wildman–Crippen MR) is 87.4 cm³/mol. The number of rotatable bonds is 4. The number of hydrogen-bond donors (Lipinski definition) is 0. The normalized spacial score (nSPS) is 20.3. The largest absolute Gasteiger partial charge is 0.236 e. The van der Waals surface area contributed by atoms with Gasteiger partial charge in [0.05, 0.1) is 6.04 Å². The summed E-state index contributed by atoms with van der Waals surface area (Å²) < 4.78 is 26.7. The summed E-state index contributed by atoms with van der Waals surface area (Å²) in [6.45, 7) is 0.601. The zero-order valence-corrected chi connectivity index (χ0v) is 13.2. The third-order valence-corrected chi connectivity index (χ3v) is 6.18. The molecule has 3 nitrogen and oxygen atoms in total. The first-order chi connectivity index (χ1) is 10.2. The fourth-order valence-electron chi connectivity index (χ4n) is 2.62. The summed E-state index contributed by atoms with van der Waals surface area (Å²) in [4.78, 5) is 1.13. The van der Waals surface area contributed by atoms with Crippen molar-refractivity contribution in [2.75, 3.05) is 6.54 Å². The van der Waals surface area contributed by atoms with E-state index in [-0.39, 0.29) is 6.04 Å². The van der Waals surface area contributed by atoms with Crippen LogP contribution in [-0.4, -0.2) is 19.3 Å². The number of benzene rings is 1. The third-order valence-electron chi connectivity index (χ3n) is 3.63. The summed E-state index contributed by atoms with van der Waals surface area (Å²) in [7, 11) is -3.37. The maximum absolute atomic E-state index is 12.6. The lowest BCUT2D eigenvalue weighted by atomic mass is 10.2. The van der Waals surface area contributed by atoms with Crippen molar-refractivity contribution < 1.29 is 8.42 Å². The monoisotopic (exact) mass is 319 g/mol. The Morgan fingerprint density at radius 2 is 1.95 bits per heavy atom. The molecule has 0 N–H and O–H groups in total. The van der Waals surface area contributed by atoms with E-state index in [1.54, 1.807) is 21.7 Å². The van der Waals surface area contributed by atoms with Gasteiger partial charge in [0.2, 0.25) is 10.0 Å². The maximum atomic E-state index is 12.6. The predicted octanol–water partition coefficient (Wildman–Crippen LogP) is 3.89. The molecule has 0 radical (unpaired) electrons. The Labute approximate surface area is 129 Å². The molecule has 110 valence electrons. The second-order valence-electron chi connectivity index (χ2n) is 5.04. The summed E-state index contributed by atoms with van der Waals surface area (Å²) in [5.41, 5.74) is 0.896. The van der Waals surface area contributed by atoms with Gasteiger partial charge in [-0.3, -0.25) is 0 Å². The van der Waals surface area contributed by atoms with Crippen LogP contribution >= 0.6 is 11.3 Å². The van der Waals surface area contributed by atoms with Crippen LogP contribution in [-0.2, 0) is 10.0 Å². The summed E-state index contributed by atoms with van der Waals surface area (Å²) >= 11 is 1.62. The lowest BCUT2D eigenvalue weighted by Crippen LogP contribution is -2.28. The molecule has 0 bridgehead atoms. The zero-order valence-electron chi connectivity index (χ0n) is 11.6. The van der Waals surface area contributed by atoms with Gasteiger partial charge < -0.3 is 0 Å². The van der Waals surface area contributed by atoms with Gasteiger partial charge in [0.15, 0.2) is 0 Å². The third kappa shape index (κ3) is 3.26. The molecule has 1 saturated heterocycles. The molecule has 1 unspecified atom stereocenters. The highest BCUT2D eigenvalue weighted by atomic mass is 32.2. The smallest absolute Gasteiger partial charge is 0.207 e. The van der Waals surface area contributed by atoms with E-state index < -0.39 is 10.0 Å². The van der Waals surface area contributed by atoms with Crippen LogP contribution in [0.4, 0.5) is 0 Å². The fraction of sp³-hybridized carbons (Fsp3) is 0.250. The minimum absolute atomic E-state index is 0.00424. The summed E-state index contributed by atoms with van der Waals surface area (Å²) in [5.74, 6) is 0. The second kappa shape index (κ2) is 6.13. The number of sulfonamides is 1. The van der Waals surface area contributed by atoms with Gasteiger partial charge in [-0.2, -0.15) is 4.31 Å². The highest BCUT2D eigenvalue weighted by Gasteiger charge is 2.34. The van der Waals surface area contributed by atoms with Crippen molar-refractivity contribution in [1.82, 2.24) is 4.31 Å². The van der Waals surface area contributed by atoms with Gasteiger partial charge in [0.25, 0.3) is 0 Å². The average molecular weight is 319 g/mol. The van der Waals surface area contributed by atoms with Gasteiger partial charge in [-0.05, 0) is 35.9 Å². The maximum Gasteiger partial charge on any atom is 0.236 e. The first-order valence-corrected chi connectivity index (χ1v) is 9.33. The van der Waals surface area contributed by atoms with Gasteiger partial charge in [-0.15, -0.1) is 11.3 Å². The molecule has 2 aromatic rings. The number of hydrogen-bond acceptors (Lipinski definition) is 3. The molecule has 1 atom stereocenters. The summed E-state index contributed by atoms with van der Waals surface area (Å²) in [6, 6.07) is 13.5. The molecular formula is C16H17NO2S2. The molecule has 0 aliphatic carbocycles. The lowest BCUT2D eigenvalue weighted by molar-refractivity contribution is 0.407. The Kier molecular flexibility index (Phi) is 4.24. The highest BCUT2D eigenvalue weighted by molar-refractivity contribution is 7.92. The lowest BCUT2D eigenvalue weighted by Gasteiger charge is -2.21.